The zero-order valence-electron chi connectivity index (χ0n) is 17.2. The van der Waals surface area contributed by atoms with Gasteiger partial charge in [0.1, 0.15) is 5.75 Å². The molecular formula is C22H31N3O3. The molecule has 0 N–H and O–H groups in total. The molecule has 0 radical (unpaired) electrons. The quantitative estimate of drug-likeness (QED) is 0.653. The van der Waals surface area contributed by atoms with E-state index in [1.54, 1.807) is 7.11 Å². The van der Waals surface area contributed by atoms with Gasteiger partial charge in [-0.1, -0.05) is 12.1 Å². The van der Waals surface area contributed by atoms with Crippen molar-refractivity contribution < 1.29 is 14.3 Å². The van der Waals surface area contributed by atoms with E-state index in [4.69, 9.17) is 9.47 Å². The van der Waals surface area contributed by atoms with E-state index in [2.05, 4.69) is 29.2 Å². The van der Waals surface area contributed by atoms with Crippen LogP contribution in [0.1, 0.15) is 37.8 Å². The Balaban J connectivity index is 1.80. The number of nitrogens with zero attached hydrogens (tertiary/aromatic N) is 3. The normalized spacial score (nSPS) is 20.1. The summed E-state index contributed by atoms with van der Waals surface area (Å²) in [4.78, 5) is 15.4. The van der Waals surface area contributed by atoms with Crippen LogP contribution in [0, 0.1) is 5.41 Å². The summed E-state index contributed by atoms with van der Waals surface area (Å²) in [7, 11) is 1.67. The van der Waals surface area contributed by atoms with Gasteiger partial charge in [-0.15, -0.1) is 0 Å². The van der Waals surface area contributed by atoms with Gasteiger partial charge in [-0.3, -0.25) is 14.4 Å². The molecule has 0 unspecified atom stereocenters. The molecule has 1 saturated heterocycles. The fraction of sp³-hybridized carbons (Fsp3) is 0.545. The minimum atomic E-state index is -0.526. The van der Waals surface area contributed by atoms with Gasteiger partial charge in [0.15, 0.2) is 0 Å². The highest BCUT2D eigenvalue weighted by molar-refractivity contribution is 5.78. The lowest BCUT2D eigenvalue weighted by molar-refractivity contribution is -0.159. The molecule has 1 atom stereocenters. The van der Waals surface area contributed by atoms with Gasteiger partial charge in [0.25, 0.3) is 0 Å². The largest absolute Gasteiger partial charge is 0.497 e. The molecule has 1 fully saturated rings. The Kier molecular flexibility index (Phi) is 6.73. The Bertz CT molecular complexity index is 789. The Labute approximate surface area is 167 Å². The second-order valence-electron chi connectivity index (χ2n) is 7.55. The number of rotatable bonds is 8. The van der Waals surface area contributed by atoms with Crippen molar-refractivity contribution in [2.24, 2.45) is 5.41 Å². The van der Waals surface area contributed by atoms with E-state index >= 15 is 0 Å². The van der Waals surface area contributed by atoms with Gasteiger partial charge in [0.2, 0.25) is 0 Å². The van der Waals surface area contributed by atoms with Crippen LogP contribution >= 0.6 is 0 Å². The molecule has 0 bridgehead atoms. The fourth-order valence-electron chi connectivity index (χ4n) is 4.12. The van der Waals surface area contributed by atoms with Gasteiger partial charge in [-0.2, -0.15) is 5.10 Å². The lowest BCUT2D eigenvalue weighted by Gasteiger charge is -2.41. The summed E-state index contributed by atoms with van der Waals surface area (Å²) in [5.74, 6) is 0.725. The van der Waals surface area contributed by atoms with Gasteiger partial charge in [0, 0.05) is 31.4 Å². The Morgan fingerprint density at radius 1 is 1.29 bits per heavy atom. The molecule has 1 aromatic carbocycles. The van der Waals surface area contributed by atoms with E-state index in [1.807, 2.05) is 36.0 Å². The minimum Gasteiger partial charge on any atom is -0.497 e. The average Bonchev–Trinajstić information content (AvgIpc) is 3.16. The zero-order valence-corrected chi connectivity index (χ0v) is 17.2. The van der Waals surface area contributed by atoms with Crippen LogP contribution in [0.15, 0.2) is 36.7 Å². The number of aromatic nitrogens is 2. The van der Waals surface area contributed by atoms with Crippen molar-refractivity contribution >= 4 is 5.97 Å². The number of hydrogen-bond donors (Lipinski definition) is 0. The van der Waals surface area contributed by atoms with E-state index in [-0.39, 0.29) is 5.97 Å². The summed E-state index contributed by atoms with van der Waals surface area (Å²) < 4.78 is 12.8. The number of piperidine rings is 1. The number of esters is 1. The second kappa shape index (κ2) is 9.24. The molecule has 1 aromatic heterocycles. The molecule has 6 nitrogen and oxygen atoms in total. The van der Waals surface area contributed by atoms with Crippen LogP contribution in [0.5, 0.6) is 5.75 Å². The third kappa shape index (κ3) is 4.73. The highest BCUT2D eigenvalue weighted by atomic mass is 16.5. The number of methoxy groups -OCH3 is 1. The molecule has 2 aromatic rings. The Morgan fingerprint density at radius 3 is 2.86 bits per heavy atom. The van der Waals surface area contributed by atoms with Crippen molar-refractivity contribution in [2.75, 3.05) is 26.8 Å². The maximum Gasteiger partial charge on any atom is 0.313 e. The highest BCUT2D eigenvalue weighted by Crippen LogP contribution is 2.36. The Morgan fingerprint density at radius 2 is 2.14 bits per heavy atom. The topological polar surface area (TPSA) is 56.6 Å². The molecular weight excluding hydrogens is 354 g/mol. The zero-order chi connectivity index (χ0) is 20.0. The van der Waals surface area contributed by atoms with Gasteiger partial charge in [-0.05, 0) is 57.4 Å². The Hall–Kier alpha value is -2.34. The van der Waals surface area contributed by atoms with Gasteiger partial charge < -0.3 is 9.47 Å². The SMILES string of the molecule is CCOC(=O)[C@@]1(Cc2cccc(OC)c2)CCCN(Cc2cnn(CC)c2)C1. The first-order valence-corrected chi connectivity index (χ1v) is 10.1. The van der Waals surface area contributed by atoms with Crippen molar-refractivity contribution in [3.05, 3.63) is 47.8 Å². The van der Waals surface area contributed by atoms with Crippen LogP contribution in [0.4, 0.5) is 0 Å². The monoisotopic (exact) mass is 385 g/mol. The predicted molar refractivity (Wildman–Crippen MR) is 108 cm³/mol. The summed E-state index contributed by atoms with van der Waals surface area (Å²) in [5, 5.41) is 4.37. The molecule has 0 spiro atoms. The summed E-state index contributed by atoms with van der Waals surface area (Å²) in [6, 6.07) is 7.99. The van der Waals surface area contributed by atoms with E-state index < -0.39 is 5.41 Å². The first kappa shape index (κ1) is 20.4. The molecule has 28 heavy (non-hydrogen) atoms. The summed E-state index contributed by atoms with van der Waals surface area (Å²) in [6.45, 7) is 7.70. The highest BCUT2D eigenvalue weighted by Gasteiger charge is 2.43. The van der Waals surface area contributed by atoms with Crippen LogP contribution < -0.4 is 4.74 Å². The molecule has 152 valence electrons. The third-order valence-corrected chi connectivity index (χ3v) is 5.46. The second-order valence-corrected chi connectivity index (χ2v) is 7.55. The number of likely N-dealkylation sites (tertiary alicyclic amines) is 1. The van der Waals surface area contributed by atoms with Crippen molar-refractivity contribution in [3.63, 3.8) is 0 Å². The average molecular weight is 386 g/mol. The van der Waals surface area contributed by atoms with Gasteiger partial charge in [-0.25, -0.2) is 0 Å². The number of ether oxygens (including phenoxy) is 2. The lowest BCUT2D eigenvalue weighted by Crippen LogP contribution is -2.49. The van der Waals surface area contributed by atoms with E-state index in [1.165, 1.54) is 5.56 Å². The van der Waals surface area contributed by atoms with Crippen LogP contribution in [-0.4, -0.2) is 47.5 Å². The van der Waals surface area contributed by atoms with Crippen LogP contribution in [0.2, 0.25) is 0 Å². The van der Waals surface area contributed by atoms with Crippen molar-refractivity contribution in [1.82, 2.24) is 14.7 Å². The molecule has 6 heteroatoms. The molecule has 1 aliphatic heterocycles. The smallest absolute Gasteiger partial charge is 0.313 e. The van der Waals surface area contributed by atoms with E-state index in [9.17, 15) is 4.79 Å². The fourth-order valence-corrected chi connectivity index (χ4v) is 4.12. The van der Waals surface area contributed by atoms with Crippen molar-refractivity contribution in [1.29, 1.82) is 0 Å². The molecule has 0 amide bonds. The van der Waals surface area contributed by atoms with Crippen molar-refractivity contribution in [3.8, 4) is 5.75 Å². The number of carbonyl (C=O) groups excluding carboxylic acids is 1. The number of aryl methyl sites for hydroxylation is 1. The first-order chi connectivity index (χ1) is 13.6. The van der Waals surface area contributed by atoms with Crippen molar-refractivity contribution in [2.45, 2.75) is 46.2 Å². The molecule has 0 saturated carbocycles. The molecule has 2 heterocycles. The van der Waals surface area contributed by atoms with Crippen LogP contribution in [0.25, 0.3) is 0 Å². The number of hydrogen-bond acceptors (Lipinski definition) is 5. The molecule has 0 aliphatic carbocycles. The first-order valence-electron chi connectivity index (χ1n) is 10.1. The predicted octanol–water partition coefficient (Wildman–Crippen LogP) is 3.30. The van der Waals surface area contributed by atoms with Gasteiger partial charge >= 0.3 is 5.97 Å². The maximum atomic E-state index is 13.0. The number of benzene rings is 1. The lowest BCUT2D eigenvalue weighted by atomic mass is 9.75. The summed E-state index contributed by atoms with van der Waals surface area (Å²) in [5.41, 5.74) is 1.76. The van der Waals surface area contributed by atoms with Crippen LogP contribution in [0.3, 0.4) is 0 Å². The molecule has 3 rings (SSSR count). The standard InChI is InChI=1S/C22H31N3O3/c1-4-25-16-19(14-23-25)15-24-11-7-10-22(17-24,21(26)28-5-2)13-18-8-6-9-20(12-18)27-3/h6,8-9,12,14,16H,4-5,7,10-11,13,15,17H2,1-3H3/t22-/m1/s1. The van der Waals surface area contributed by atoms with E-state index in [0.717, 1.165) is 43.8 Å². The third-order valence-electron chi connectivity index (χ3n) is 5.46. The maximum absolute atomic E-state index is 13.0. The van der Waals surface area contributed by atoms with E-state index in [0.29, 0.717) is 19.6 Å². The van der Waals surface area contributed by atoms with Crippen LogP contribution in [-0.2, 0) is 29.0 Å². The summed E-state index contributed by atoms with van der Waals surface area (Å²) in [6.07, 6.45) is 6.49. The number of carbonyl (C=O) groups is 1. The summed E-state index contributed by atoms with van der Waals surface area (Å²) >= 11 is 0. The minimum absolute atomic E-state index is 0.0910. The van der Waals surface area contributed by atoms with Gasteiger partial charge in [0.05, 0.1) is 25.3 Å². The molecule has 1 aliphatic rings.